The van der Waals surface area contributed by atoms with Gasteiger partial charge in [0.25, 0.3) is 0 Å². The van der Waals surface area contributed by atoms with E-state index < -0.39 is 18.0 Å². The van der Waals surface area contributed by atoms with Crippen LogP contribution < -0.4 is 9.64 Å². The number of amides is 1. The Kier molecular flexibility index (Phi) is 6.00. The lowest BCUT2D eigenvalue weighted by Crippen LogP contribution is -2.23. The molecule has 0 radical (unpaired) electrons. The number of carboxylic acid groups (broad SMARTS) is 1. The van der Waals surface area contributed by atoms with Gasteiger partial charge in [-0.15, -0.1) is 0 Å². The summed E-state index contributed by atoms with van der Waals surface area (Å²) < 4.78 is 20.9. The van der Waals surface area contributed by atoms with Gasteiger partial charge in [-0.2, -0.15) is 0 Å². The molecule has 0 saturated heterocycles. The Balaban J connectivity index is 1.65. The van der Waals surface area contributed by atoms with Crippen LogP contribution in [0.15, 0.2) is 60.7 Å². The van der Waals surface area contributed by atoms with Crippen LogP contribution in [-0.2, 0) is 0 Å². The number of fused-ring (bicyclic) bond motifs is 1. The second-order valence-electron chi connectivity index (χ2n) is 6.60. The number of aromatic nitrogens is 1. The van der Waals surface area contributed by atoms with Crippen molar-refractivity contribution >= 4 is 61.7 Å². The van der Waals surface area contributed by atoms with Gasteiger partial charge in [-0.3, -0.25) is 0 Å². The molecule has 1 aromatic heterocycles. The fourth-order valence-electron chi connectivity index (χ4n) is 3.12. The van der Waals surface area contributed by atoms with E-state index in [1.165, 1.54) is 23.5 Å². The first-order valence-corrected chi connectivity index (χ1v) is 10.7. The lowest BCUT2D eigenvalue weighted by atomic mass is 10.1. The molecule has 0 aliphatic carbocycles. The van der Waals surface area contributed by atoms with Crippen molar-refractivity contribution < 1.29 is 19.0 Å². The zero-order chi connectivity index (χ0) is 22.1. The minimum atomic E-state index is -1.14. The van der Waals surface area contributed by atoms with Crippen LogP contribution in [0.1, 0.15) is 18.6 Å². The third-order valence-electron chi connectivity index (χ3n) is 4.54. The molecular weight excluding hydrogens is 462 g/mol. The van der Waals surface area contributed by atoms with E-state index in [1.807, 2.05) is 6.07 Å². The van der Waals surface area contributed by atoms with Crippen molar-refractivity contribution in [1.82, 2.24) is 4.98 Å². The van der Waals surface area contributed by atoms with Crippen LogP contribution in [-0.4, -0.2) is 16.2 Å². The molecule has 1 heterocycles. The summed E-state index contributed by atoms with van der Waals surface area (Å²) >= 11 is 13.4. The third kappa shape index (κ3) is 4.30. The lowest BCUT2D eigenvalue weighted by Gasteiger charge is -2.17. The third-order valence-corrected chi connectivity index (χ3v) is 6.37. The number of anilines is 2. The molecule has 0 bridgehead atoms. The average Bonchev–Trinajstić information content (AvgIpc) is 3.14. The number of halogens is 3. The molecule has 3 aromatic carbocycles. The van der Waals surface area contributed by atoms with Crippen LogP contribution in [0.4, 0.5) is 20.0 Å². The van der Waals surface area contributed by atoms with Crippen LogP contribution in [0.3, 0.4) is 0 Å². The number of nitrogens with zero attached hydrogens (tertiary/aromatic N) is 2. The molecule has 9 heteroatoms. The summed E-state index contributed by atoms with van der Waals surface area (Å²) in [5.41, 5.74) is 1.28. The molecule has 0 aliphatic heterocycles. The predicted molar refractivity (Wildman–Crippen MR) is 122 cm³/mol. The van der Waals surface area contributed by atoms with Gasteiger partial charge in [-0.05, 0) is 49.4 Å². The Labute approximate surface area is 191 Å². The van der Waals surface area contributed by atoms with Gasteiger partial charge >= 0.3 is 6.09 Å². The second-order valence-corrected chi connectivity index (χ2v) is 8.39. The van der Waals surface area contributed by atoms with Crippen LogP contribution in [0, 0.1) is 5.82 Å². The molecule has 0 aliphatic rings. The molecule has 31 heavy (non-hydrogen) atoms. The summed E-state index contributed by atoms with van der Waals surface area (Å²) in [6.07, 6.45) is -1.84. The first-order chi connectivity index (χ1) is 14.8. The molecule has 0 spiro atoms. The summed E-state index contributed by atoms with van der Waals surface area (Å²) in [5, 5.41) is 10.3. The molecule has 1 unspecified atom stereocenters. The van der Waals surface area contributed by atoms with E-state index in [1.54, 1.807) is 49.4 Å². The molecule has 5 nitrogen and oxygen atoms in total. The highest BCUT2D eigenvalue weighted by Gasteiger charge is 2.22. The molecular formula is C22H15Cl2FN2O3S. The van der Waals surface area contributed by atoms with Gasteiger partial charge in [0.15, 0.2) is 0 Å². The average molecular weight is 477 g/mol. The van der Waals surface area contributed by atoms with Gasteiger partial charge in [0, 0.05) is 5.56 Å². The van der Waals surface area contributed by atoms with Crippen molar-refractivity contribution in [1.29, 1.82) is 0 Å². The molecule has 4 aromatic rings. The SMILES string of the molecule is CC(Oc1ccc2nc(N(C(=O)O)c3ccccc3)sc2c1)c1c(F)ccc(Cl)c1Cl. The summed E-state index contributed by atoms with van der Waals surface area (Å²) in [7, 11) is 0. The Morgan fingerprint density at radius 2 is 1.90 bits per heavy atom. The van der Waals surface area contributed by atoms with E-state index >= 15 is 0 Å². The van der Waals surface area contributed by atoms with Gasteiger partial charge in [0.05, 0.1) is 25.9 Å². The Bertz CT molecular complexity index is 1270. The molecule has 1 N–H and O–H groups in total. The van der Waals surface area contributed by atoms with Crippen LogP contribution >= 0.6 is 34.5 Å². The fourth-order valence-corrected chi connectivity index (χ4v) is 4.60. The van der Waals surface area contributed by atoms with E-state index in [-0.39, 0.29) is 15.6 Å². The van der Waals surface area contributed by atoms with E-state index in [0.29, 0.717) is 22.1 Å². The van der Waals surface area contributed by atoms with E-state index in [0.717, 1.165) is 9.60 Å². The normalized spacial score (nSPS) is 12.0. The summed E-state index contributed by atoms with van der Waals surface area (Å²) in [6, 6.07) is 16.5. The maximum Gasteiger partial charge on any atom is 0.418 e. The number of carbonyl (C=O) groups is 1. The first-order valence-electron chi connectivity index (χ1n) is 9.14. The zero-order valence-electron chi connectivity index (χ0n) is 16.1. The predicted octanol–water partition coefficient (Wildman–Crippen LogP) is 7.70. The highest BCUT2D eigenvalue weighted by Crippen LogP contribution is 2.38. The minimum Gasteiger partial charge on any atom is -0.486 e. The number of hydrogen-bond acceptors (Lipinski definition) is 4. The number of rotatable bonds is 5. The van der Waals surface area contributed by atoms with Crippen LogP contribution in [0.5, 0.6) is 5.75 Å². The number of ether oxygens (including phenoxy) is 1. The van der Waals surface area contributed by atoms with Gasteiger partial charge in [-0.25, -0.2) is 19.1 Å². The Morgan fingerprint density at radius 3 is 2.61 bits per heavy atom. The quantitative estimate of drug-likeness (QED) is 0.299. The minimum absolute atomic E-state index is 0.107. The number of benzene rings is 3. The largest absolute Gasteiger partial charge is 0.486 e. The van der Waals surface area contributed by atoms with E-state index in [9.17, 15) is 14.3 Å². The second kappa shape index (κ2) is 8.70. The van der Waals surface area contributed by atoms with Gasteiger partial charge in [-0.1, -0.05) is 52.7 Å². The zero-order valence-corrected chi connectivity index (χ0v) is 18.4. The molecule has 0 saturated carbocycles. The standard InChI is InChI=1S/C22H15Cl2FN2O3S/c1-12(19-16(25)9-8-15(23)20(19)24)30-14-7-10-17-18(11-14)31-21(26-17)27(22(28)29)13-5-3-2-4-6-13/h2-12H,1H3,(H,28,29). The van der Waals surface area contributed by atoms with Gasteiger partial charge in [0.1, 0.15) is 17.7 Å². The topological polar surface area (TPSA) is 62.7 Å². The smallest absolute Gasteiger partial charge is 0.418 e. The summed E-state index contributed by atoms with van der Waals surface area (Å²) in [6.45, 7) is 1.67. The van der Waals surface area contributed by atoms with Crippen molar-refractivity contribution in [3.05, 3.63) is 82.1 Å². The molecule has 0 fully saturated rings. The van der Waals surface area contributed by atoms with E-state index in [4.69, 9.17) is 27.9 Å². The highest BCUT2D eigenvalue weighted by molar-refractivity contribution is 7.22. The Morgan fingerprint density at radius 1 is 1.16 bits per heavy atom. The number of thiazole rings is 1. The highest BCUT2D eigenvalue weighted by atomic mass is 35.5. The molecule has 1 amide bonds. The fraction of sp³-hybridized carbons (Fsp3) is 0.0909. The number of hydrogen-bond donors (Lipinski definition) is 1. The molecule has 158 valence electrons. The maximum atomic E-state index is 14.3. The van der Waals surface area contributed by atoms with E-state index in [2.05, 4.69) is 4.98 Å². The van der Waals surface area contributed by atoms with Crippen molar-refractivity contribution in [3.63, 3.8) is 0 Å². The Hall–Kier alpha value is -2.87. The van der Waals surface area contributed by atoms with Crippen molar-refractivity contribution in [2.24, 2.45) is 0 Å². The summed E-state index contributed by atoms with van der Waals surface area (Å²) in [5.74, 6) is -0.0461. The number of para-hydroxylation sites is 1. The maximum absolute atomic E-state index is 14.3. The first kappa shape index (κ1) is 21.4. The van der Waals surface area contributed by atoms with Gasteiger partial charge in [0.2, 0.25) is 5.13 Å². The monoisotopic (exact) mass is 476 g/mol. The summed E-state index contributed by atoms with van der Waals surface area (Å²) in [4.78, 5) is 17.4. The lowest BCUT2D eigenvalue weighted by molar-refractivity contribution is 0.205. The van der Waals surface area contributed by atoms with Crippen LogP contribution in [0.25, 0.3) is 10.2 Å². The van der Waals surface area contributed by atoms with Gasteiger partial charge < -0.3 is 9.84 Å². The molecule has 1 atom stereocenters. The van der Waals surface area contributed by atoms with Crippen molar-refractivity contribution in [3.8, 4) is 5.75 Å². The van der Waals surface area contributed by atoms with Crippen LogP contribution in [0.2, 0.25) is 10.0 Å². The molecule has 4 rings (SSSR count). The van der Waals surface area contributed by atoms with Crippen molar-refractivity contribution in [2.75, 3.05) is 4.90 Å². The van der Waals surface area contributed by atoms with Crippen molar-refractivity contribution in [2.45, 2.75) is 13.0 Å².